The molecule has 0 amide bonds. The van der Waals surface area contributed by atoms with Gasteiger partial charge >= 0.3 is 12.8 Å². The maximum absolute atomic E-state index is 12.8. The zero-order valence-electron chi connectivity index (χ0n) is 33.6. The fourth-order valence-electron chi connectivity index (χ4n) is 8.47. The number of benzene rings is 4. The molecule has 4 heterocycles. The van der Waals surface area contributed by atoms with Gasteiger partial charge in [-0.25, -0.2) is 0 Å². The smallest absolute Gasteiger partial charge is 0.416 e. The van der Waals surface area contributed by atoms with E-state index >= 15 is 0 Å². The molecule has 5 nitrogen and oxygen atoms in total. The number of alkyl halides is 5. The predicted octanol–water partition coefficient (Wildman–Crippen LogP) is 11.2. The standard InChI is InChI=1S/C12H14F3N.C12H15F2NO.C12H17N.C11H14ClN/c13-12(14,15)11-4-2-1-3-10(11)9-5-7-16-8-6-9;13-12(14)16-11-4-2-1-3-10(11)9-5-7-15-8-6-9;1-10-4-2-3-5-12(10)11-6-8-13-9-7-11;12-11-3-1-9(2-4-11)10-5-7-13-8-6-10/h1-4,9,16H,5-8H2;1-4,9,12,15H,5-8H2;2-5,11,13H,6-9H2,1H3;1-4,10,13H,5-8H2. The molecule has 0 radical (unpaired) electrons. The molecule has 4 aromatic rings. The minimum Gasteiger partial charge on any atom is -0.435 e. The van der Waals surface area contributed by atoms with Gasteiger partial charge in [0.05, 0.1) is 5.56 Å². The Balaban J connectivity index is 0.000000148. The topological polar surface area (TPSA) is 57.3 Å². The number of hydrogen-bond acceptors (Lipinski definition) is 5. The number of hydrogen-bond donors (Lipinski definition) is 4. The van der Waals surface area contributed by atoms with Gasteiger partial charge in [0.1, 0.15) is 5.75 Å². The van der Waals surface area contributed by atoms with Gasteiger partial charge in [0.2, 0.25) is 0 Å². The molecule has 4 fully saturated rings. The average molecular weight is 827 g/mol. The number of aryl methyl sites for hydroxylation is 1. The third kappa shape index (κ3) is 14.6. The fraction of sp³-hybridized carbons (Fsp3) is 0.489. The largest absolute Gasteiger partial charge is 0.435 e. The van der Waals surface area contributed by atoms with Crippen LogP contribution in [0.25, 0.3) is 0 Å². The normalized spacial score (nSPS) is 18.5. The van der Waals surface area contributed by atoms with Crippen LogP contribution in [0, 0.1) is 6.92 Å². The second-order valence-corrected chi connectivity index (χ2v) is 15.9. The van der Waals surface area contributed by atoms with E-state index in [2.05, 4.69) is 69.3 Å². The number of piperidine rings is 4. The third-order valence-electron chi connectivity index (χ3n) is 11.6. The van der Waals surface area contributed by atoms with Crippen molar-refractivity contribution in [1.82, 2.24) is 21.3 Å². The molecule has 0 aromatic heterocycles. The molecular weight excluding hydrogens is 767 g/mol. The zero-order valence-corrected chi connectivity index (χ0v) is 34.4. The van der Waals surface area contributed by atoms with Crippen molar-refractivity contribution in [1.29, 1.82) is 0 Å². The molecule has 58 heavy (non-hydrogen) atoms. The Morgan fingerprint density at radius 3 is 1.40 bits per heavy atom. The number of nitrogens with one attached hydrogen (secondary N) is 4. The van der Waals surface area contributed by atoms with Gasteiger partial charge in [0.15, 0.2) is 0 Å². The van der Waals surface area contributed by atoms with E-state index in [9.17, 15) is 22.0 Å². The maximum atomic E-state index is 12.8. The van der Waals surface area contributed by atoms with Crippen molar-refractivity contribution in [2.24, 2.45) is 0 Å². The highest BCUT2D eigenvalue weighted by Crippen LogP contribution is 2.38. The second kappa shape index (κ2) is 23.9. The van der Waals surface area contributed by atoms with Crippen molar-refractivity contribution in [3.63, 3.8) is 0 Å². The van der Waals surface area contributed by atoms with Crippen LogP contribution in [0.2, 0.25) is 5.02 Å². The lowest BCUT2D eigenvalue weighted by molar-refractivity contribution is -0.138. The summed E-state index contributed by atoms with van der Waals surface area (Å²) in [6.07, 6.45) is 4.38. The molecule has 0 bridgehead atoms. The zero-order chi connectivity index (χ0) is 41.2. The molecule has 4 aliphatic rings. The molecule has 0 spiro atoms. The Bertz CT molecular complexity index is 1750. The number of para-hydroxylation sites is 1. The average Bonchev–Trinajstić information content (AvgIpc) is 3.26. The third-order valence-corrected chi connectivity index (χ3v) is 11.9. The minimum absolute atomic E-state index is 0.0408. The first-order valence-corrected chi connectivity index (χ1v) is 21.3. The van der Waals surface area contributed by atoms with E-state index in [4.69, 9.17) is 11.6 Å². The molecular formula is C47H60ClF5N4O. The van der Waals surface area contributed by atoms with Gasteiger partial charge in [0.25, 0.3) is 0 Å². The van der Waals surface area contributed by atoms with Crippen molar-refractivity contribution in [3.05, 3.63) is 135 Å². The molecule has 4 N–H and O–H groups in total. The minimum atomic E-state index is -4.23. The maximum Gasteiger partial charge on any atom is 0.416 e. The van der Waals surface area contributed by atoms with Crippen LogP contribution in [0.1, 0.15) is 108 Å². The summed E-state index contributed by atoms with van der Waals surface area (Å²) in [6.45, 7) is 7.60. The summed E-state index contributed by atoms with van der Waals surface area (Å²) in [5.74, 6) is 2.22. The van der Waals surface area contributed by atoms with E-state index in [1.54, 1.807) is 29.8 Å². The Labute approximate surface area is 346 Å². The number of rotatable bonds is 6. The SMILES string of the molecule is Cc1ccccc1C1CCNCC1.Clc1ccc(C2CCNCC2)cc1.FC(F)(F)c1ccccc1C1CCNCC1.FC(F)Oc1ccccc1C1CCNCC1. The first-order chi connectivity index (χ1) is 28.1. The van der Waals surface area contributed by atoms with Gasteiger partial charge in [-0.3, -0.25) is 0 Å². The summed E-state index contributed by atoms with van der Waals surface area (Å²) in [5.41, 5.74) is 5.34. The van der Waals surface area contributed by atoms with Crippen molar-refractivity contribution in [2.45, 2.75) is 94.7 Å². The lowest BCUT2D eigenvalue weighted by Gasteiger charge is -2.25. The van der Waals surface area contributed by atoms with Crippen molar-refractivity contribution < 1.29 is 26.7 Å². The molecule has 0 saturated carbocycles. The molecule has 0 atom stereocenters. The lowest BCUT2D eigenvalue weighted by Crippen LogP contribution is -2.27. The quantitative estimate of drug-likeness (QED) is 0.146. The van der Waals surface area contributed by atoms with Gasteiger partial charge in [0, 0.05) is 5.02 Å². The van der Waals surface area contributed by atoms with Crippen LogP contribution < -0.4 is 26.0 Å². The molecule has 8 rings (SSSR count). The monoisotopic (exact) mass is 826 g/mol. The van der Waals surface area contributed by atoms with E-state index in [0.29, 0.717) is 17.2 Å². The highest BCUT2D eigenvalue weighted by Gasteiger charge is 2.35. The summed E-state index contributed by atoms with van der Waals surface area (Å²) in [5, 5.41) is 14.0. The molecule has 4 aliphatic heterocycles. The summed E-state index contributed by atoms with van der Waals surface area (Å²) in [7, 11) is 0. The Kier molecular flexibility index (Phi) is 18.8. The van der Waals surface area contributed by atoms with E-state index in [0.717, 1.165) is 87.4 Å². The van der Waals surface area contributed by atoms with Gasteiger partial charge in [-0.05, 0) is 186 Å². The summed E-state index contributed by atoms with van der Waals surface area (Å²) in [6, 6.07) is 30.1. The first kappa shape index (κ1) is 45.5. The summed E-state index contributed by atoms with van der Waals surface area (Å²) < 4.78 is 67.4. The molecule has 4 saturated heterocycles. The van der Waals surface area contributed by atoms with Crippen molar-refractivity contribution in [3.8, 4) is 5.75 Å². The Morgan fingerprint density at radius 2 is 0.914 bits per heavy atom. The highest BCUT2D eigenvalue weighted by molar-refractivity contribution is 6.30. The molecule has 4 aromatic carbocycles. The lowest BCUT2D eigenvalue weighted by atomic mass is 9.87. The molecule has 11 heteroatoms. The van der Waals surface area contributed by atoms with Crippen LogP contribution in [0.5, 0.6) is 5.75 Å². The number of ether oxygens (including phenoxy) is 1. The van der Waals surface area contributed by atoms with E-state index in [1.807, 2.05) is 24.3 Å². The van der Waals surface area contributed by atoms with Crippen molar-refractivity contribution >= 4 is 11.6 Å². The van der Waals surface area contributed by atoms with Gasteiger partial charge < -0.3 is 26.0 Å². The first-order valence-electron chi connectivity index (χ1n) is 20.9. The van der Waals surface area contributed by atoms with Crippen LogP contribution in [0.4, 0.5) is 22.0 Å². The van der Waals surface area contributed by atoms with Gasteiger partial charge in [-0.15, -0.1) is 0 Å². The second-order valence-electron chi connectivity index (χ2n) is 15.5. The summed E-state index contributed by atoms with van der Waals surface area (Å²) >= 11 is 5.84. The highest BCUT2D eigenvalue weighted by atomic mass is 35.5. The fourth-order valence-corrected chi connectivity index (χ4v) is 8.59. The molecule has 0 aliphatic carbocycles. The van der Waals surface area contributed by atoms with Crippen LogP contribution in [-0.4, -0.2) is 59.0 Å². The Morgan fingerprint density at radius 1 is 0.517 bits per heavy atom. The molecule has 316 valence electrons. The van der Waals surface area contributed by atoms with Crippen LogP contribution >= 0.6 is 11.6 Å². The van der Waals surface area contributed by atoms with Crippen LogP contribution in [-0.2, 0) is 6.18 Å². The molecule has 0 unspecified atom stereocenters. The number of halogens is 6. The van der Waals surface area contributed by atoms with Crippen LogP contribution in [0.3, 0.4) is 0 Å². The van der Waals surface area contributed by atoms with E-state index < -0.39 is 18.4 Å². The Hall–Kier alpha value is -3.54. The predicted molar refractivity (Wildman–Crippen MR) is 227 cm³/mol. The van der Waals surface area contributed by atoms with Crippen LogP contribution in [0.15, 0.2) is 97.1 Å². The summed E-state index contributed by atoms with van der Waals surface area (Å²) in [4.78, 5) is 0. The van der Waals surface area contributed by atoms with Gasteiger partial charge in [-0.1, -0.05) is 84.4 Å². The van der Waals surface area contributed by atoms with E-state index in [1.165, 1.54) is 62.0 Å². The van der Waals surface area contributed by atoms with Crippen molar-refractivity contribution in [2.75, 3.05) is 52.4 Å². The van der Waals surface area contributed by atoms with E-state index in [-0.39, 0.29) is 5.92 Å². The van der Waals surface area contributed by atoms with Gasteiger partial charge in [-0.2, -0.15) is 22.0 Å².